The van der Waals surface area contributed by atoms with Crippen LogP contribution < -0.4 is 11.5 Å². The maximum absolute atomic E-state index is 5.84. The van der Waals surface area contributed by atoms with Crippen molar-refractivity contribution in [2.75, 3.05) is 52.5 Å². The Hall–Kier alpha value is -0.0231. The van der Waals surface area contributed by atoms with Gasteiger partial charge in [0.2, 0.25) is 0 Å². The Kier molecular flexibility index (Phi) is 12.7. The Morgan fingerprint density at radius 2 is 1.25 bits per heavy atom. The van der Waals surface area contributed by atoms with E-state index in [1.54, 1.807) is 0 Å². The van der Waals surface area contributed by atoms with E-state index in [4.69, 9.17) is 24.7 Å². The summed E-state index contributed by atoms with van der Waals surface area (Å²) in [7, 11) is -2.50. The van der Waals surface area contributed by atoms with Crippen molar-refractivity contribution < 1.29 is 13.3 Å². The Balaban J connectivity index is 4.34. The first-order chi connectivity index (χ1) is 9.67. The molecular weight excluding hydrogens is 274 g/mol. The van der Waals surface area contributed by atoms with Crippen LogP contribution in [0.2, 0.25) is 6.04 Å². The average molecular weight is 308 g/mol. The second kappa shape index (κ2) is 12.7. The summed E-state index contributed by atoms with van der Waals surface area (Å²) in [5, 5.41) is 0. The number of nitrogens with zero attached hydrogens (tertiary/aromatic N) is 1. The topological polar surface area (TPSA) is 83.0 Å². The van der Waals surface area contributed by atoms with E-state index in [0.29, 0.717) is 32.9 Å². The summed E-state index contributed by atoms with van der Waals surface area (Å²) in [6.45, 7) is 11.9. The number of hydrogen-bond acceptors (Lipinski definition) is 6. The van der Waals surface area contributed by atoms with E-state index in [-0.39, 0.29) is 0 Å². The molecular formula is C13H33N3O3Si. The quantitative estimate of drug-likeness (QED) is 0.458. The molecule has 0 fully saturated rings. The molecule has 0 radical (unpaired) electrons. The summed E-state index contributed by atoms with van der Waals surface area (Å²) in [6.07, 6.45) is 0.978. The largest absolute Gasteiger partial charge is 0.500 e. The highest BCUT2D eigenvalue weighted by atomic mass is 28.4. The fourth-order valence-electron chi connectivity index (χ4n) is 2.22. The van der Waals surface area contributed by atoms with Gasteiger partial charge in [0, 0.05) is 52.0 Å². The zero-order valence-electron chi connectivity index (χ0n) is 13.4. The average Bonchev–Trinajstić information content (AvgIpc) is 2.40. The van der Waals surface area contributed by atoms with Gasteiger partial charge >= 0.3 is 8.80 Å². The SMILES string of the molecule is CCO[Si](CCCN(CCN)CCN)(OCC)OCC. The van der Waals surface area contributed by atoms with Crippen LogP contribution in [0.5, 0.6) is 0 Å². The Labute approximate surface area is 125 Å². The van der Waals surface area contributed by atoms with Crippen molar-refractivity contribution in [2.24, 2.45) is 11.5 Å². The third-order valence-electron chi connectivity index (χ3n) is 2.94. The van der Waals surface area contributed by atoms with Crippen LogP contribution in [0, 0.1) is 0 Å². The molecule has 0 bridgehead atoms. The molecule has 0 aliphatic rings. The standard InChI is InChI=1S/C13H33N3O3Si/c1-4-17-20(18-5-2,19-6-3)13-7-10-16(11-8-14)12-9-15/h4-15H2,1-3H3. The molecule has 7 heteroatoms. The van der Waals surface area contributed by atoms with Gasteiger partial charge in [-0.1, -0.05) is 0 Å². The van der Waals surface area contributed by atoms with E-state index < -0.39 is 8.80 Å². The fraction of sp³-hybridized carbons (Fsp3) is 1.00. The van der Waals surface area contributed by atoms with Crippen LogP contribution in [-0.4, -0.2) is 66.2 Å². The Morgan fingerprint density at radius 1 is 0.800 bits per heavy atom. The first-order valence-corrected chi connectivity index (χ1v) is 9.65. The Morgan fingerprint density at radius 3 is 1.60 bits per heavy atom. The highest BCUT2D eigenvalue weighted by Gasteiger charge is 2.39. The second-order valence-electron chi connectivity index (χ2n) is 4.50. The summed E-state index contributed by atoms with van der Waals surface area (Å²) in [6, 6.07) is 0.841. The molecule has 0 saturated carbocycles. The number of nitrogens with two attached hydrogens (primary N) is 2. The van der Waals surface area contributed by atoms with Gasteiger partial charge in [-0.3, -0.25) is 0 Å². The first kappa shape index (κ1) is 20.0. The lowest BCUT2D eigenvalue weighted by atomic mass is 10.4. The molecule has 0 atom stereocenters. The zero-order valence-corrected chi connectivity index (χ0v) is 14.4. The maximum Gasteiger partial charge on any atom is 0.500 e. The van der Waals surface area contributed by atoms with Crippen molar-refractivity contribution in [1.29, 1.82) is 0 Å². The van der Waals surface area contributed by atoms with Crippen LogP contribution in [0.25, 0.3) is 0 Å². The van der Waals surface area contributed by atoms with E-state index in [9.17, 15) is 0 Å². The maximum atomic E-state index is 5.84. The van der Waals surface area contributed by atoms with Gasteiger partial charge in [-0.05, 0) is 33.7 Å². The molecule has 122 valence electrons. The zero-order chi connectivity index (χ0) is 15.3. The van der Waals surface area contributed by atoms with Crippen LogP contribution in [0.3, 0.4) is 0 Å². The molecule has 0 aromatic carbocycles. The lowest BCUT2D eigenvalue weighted by molar-refractivity contribution is 0.0699. The van der Waals surface area contributed by atoms with Crippen molar-refractivity contribution in [3.05, 3.63) is 0 Å². The summed E-state index contributed by atoms with van der Waals surface area (Å²) in [5.41, 5.74) is 11.2. The molecule has 20 heavy (non-hydrogen) atoms. The molecule has 0 aromatic rings. The van der Waals surface area contributed by atoms with Crippen molar-refractivity contribution in [3.63, 3.8) is 0 Å². The van der Waals surface area contributed by atoms with Crippen LogP contribution >= 0.6 is 0 Å². The third kappa shape index (κ3) is 8.31. The van der Waals surface area contributed by atoms with Gasteiger partial charge < -0.3 is 29.6 Å². The van der Waals surface area contributed by atoms with Gasteiger partial charge in [-0.15, -0.1) is 0 Å². The van der Waals surface area contributed by atoms with Gasteiger partial charge in [-0.2, -0.15) is 0 Å². The normalized spacial score (nSPS) is 12.3. The second-order valence-corrected chi connectivity index (χ2v) is 7.24. The molecule has 0 heterocycles. The highest BCUT2D eigenvalue weighted by molar-refractivity contribution is 6.60. The predicted molar refractivity (Wildman–Crippen MR) is 84.6 cm³/mol. The smallest absolute Gasteiger partial charge is 0.374 e. The molecule has 0 rings (SSSR count). The third-order valence-corrected chi connectivity index (χ3v) is 6.09. The summed E-state index contributed by atoms with van der Waals surface area (Å²) >= 11 is 0. The fourth-order valence-corrected chi connectivity index (χ4v) is 4.81. The van der Waals surface area contributed by atoms with Crippen molar-refractivity contribution in [1.82, 2.24) is 4.90 Å². The lowest BCUT2D eigenvalue weighted by Gasteiger charge is -2.29. The molecule has 4 N–H and O–H groups in total. The van der Waals surface area contributed by atoms with Crippen LogP contribution in [0.4, 0.5) is 0 Å². The highest BCUT2D eigenvalue weighted by Crippen LogP contribution is 2.18. The van der Waals surface area contributed by atoms with E-state index in [2.05, 4.69) is 4.90 Å². The minimum atomic E-state index is -2.50. The van der Waals surface area contributed by atoms with Gasteiger partial charge in [0.1, 0.15) is 0 Å². The van der Waals surface area contributed by atoms with Crippen molar-refractivity contribution in [2.45, 2.75) is 33.2 Å². The minimum Gasteiger partial charge on any atom is -0.374 e. The summed E-state index contributed by atoms with van der Waals surface area (Å²) in [5.74, 6) is 0. The number of rotatable bonds is 14. The number of hydrogen-bond donors (Lipinski definition) is 2. The predicted octanol–water partition coefficient (Wildman–Crippen LogP) is 0.644. The minimum absolute atomic E-state index is 0.627. The molecule has 0 unspecified atom stereocenters. The molecule has 6 nitrogen and oxygen atoms in total. The van der Waals surface area contributed by atoms with E-state index in [0.717, 1.165) is 32.1 Å². The van der Waals surface area contributed by atoms with Crippen LogP contribution in [-0.2, 0) is 13.3 Å². The molecule has 0 saturated heterocycles. The van der Waals surface area contributed by atoms with Crippen LogP contribution in [0.15, 0.2) is 0 Å². The van der Waals surface area contributed by atoms with Crippen LogP contribution in [0.1, 0.15) is 27.2 Å². The molecule has 0 amide bonds. The van der Waals surface area contributed by atoms with Crippen molar-refractivity contribution in [3.8, 4) is 0 Å². The summed E-state index contributed by atoms with van der Waals surface area (Å²) < 4.78 is 17.5. The van der Waals surface area contributed by atoms with Gasteiger partial charge in [-0.25, -0.2) is 0 Å². The van der Waals surface area contributed by atoms with Gasteiger partial charge in [0.15, 0.2) is 0 Å². The lowest BCUT2D eigenvalue weighted by Crippen LogP contribution is -2.46. The van der Waals surface area contributed by atoms with Gasteiger partial charge in [0.05, 0.1) is 0 Å². The van der Waals surface area contributed by atoms with E-state index in [1.807, 2.05) is 20.8 Å². The first-order valence-electron chi connectivity index (χ1n) is 7.72. The molecule has 0 spiro atoms. The molecule has 0 aliphatic carbocycles. The van der Waals surface area contributed by atoms with E-state index in [1.165, 1.54) is 0 Å². The van der Waals surface area contributed by atoms with E-state index >= 15 is 0 Å². The molecule has 0 aliphatic heterocycles. The molecule has 0 aromatic heterocycles. The van der Waals surface area contributed by atoms with Crippen molar-refractivity contribution >= 4 is 8.80 Å². The van der Waals surface area contributed by atoms with Gasteiger partial charge in [0.25, 0.3) is 0 Å². The monoisotopic (exact) mass is 307 g/mol. The summed E-state index contributed by atoms with van der Waals surface area (Å²) in [4.78, 5) is 2.28. The Bertz CT molecular complexity index is 200.